The highest BCUT2D eigenvalue weighted by Gasteiger charge is 2.30. The minimum Gasteiger partial charge on any atom is -0.398 e. The average Bonchev–Trinajstić information content (AvgIpc) is 3.24. The van der Waals surface area contributed by atoms with Gasteiger partial charge in [-0.3, -0.25) is 9.69 Å². The van der Waals surface area contributed by atoms with Crippen molar-refractivity contribution in [3.63, 3.8) is 0 Å². The van der Waals surface area contributed by atoms with Crippen molar-refractivity contribution in [3.05, 3.63) is 29.8 Å². The Balaban J connectivity index is 1.85. The van der Waals surface area contributed by atoms with Crippen LogP contribution in [0.4, 0.5) is 5.69 Å². The number of anilines is 1. The molecule has 1 aliphatic rings. The number of rotatable bonds is 8. The van der Waals surface area contributed by atoms with Crippen LogP contribution in [0.3, 0.4) is 0 Å². The highest BCUT2D eigenvalue weighted by Crippen LogP contribution is 2.28. The second kappa shape index (κ2) is 7.46. The smallest absolute Gasteiger partial charge is 0.234 e. The number of nitrogen functional groups attached to an aromatic ring is 1. The number of carbonyl (C=O) groups excluding carboxylic acids is 1. The standard InChI is InChI=1S/C17H27N3O/c1-13(2)9-10-19-17(21)12-20(15-7-8-15)11-14-5-3-4-6-16(14)18/h3-6,13,15H,7-12,18H2,1-2H3,(H,19,21). The average molecular weight is 289 g/mol. The van der Waals surface area contributed by atoms with Gasteiger partial charge in [0, 0.05) is 24.8 Å². The van der Waals surface area contributed by atoms with Gasteiger partial charge >= 0.3 is 0 Å². The van der Waals surface area contributed by atoms with E-state index in [4.69, 9.17) is 5.73 Å². The predicted octanol–water partition coefficient (Wildman–Crippen LogP) is 2.40. The lowest BCUT2D eigenvalue weighted by atomic mass is 10.1. The Morgan fingerprint density at radius 3 is 2.71 bits per heavy atom. The summed E-state index contributed by atoms with van der Waals surface area (Å²) in [7, 11) is 0. The topological polar surface area (TPSA) is 58.4 Å². The SMILES string of the molecule is CC(C)CCNC(=O)CN(Cc1ccccc1N)C1CC1. The first kappa shape index (κ1) is 15.8. The number of hydrogen-bond donors (Lipinski definition) is 2. The molecule has 3 N–H and O–H groups in total. The normalized spacial score (nSPS) is 14.7. The zero-order valence-corrected chi connectivity index (χ0v) is 13.1. The van der Waals surface area contributed by atoms with E-state index in [2.05, 4.69) is 24.1 Å². The molecule has 0 aromatic heterocycles. The van der Waals surface area contributed by atoms with Gasteiger partial charge in [-0.25, -0.2) is 0 Å². The first-order chi connectivity index (χ1) is 10.1. The van der Waals surface area contributed by atoms with Crippen LogP contribution < -0.4 is 11.1 Å². The van der Waals surface area contributed by atoms with Crippen molar-refractivity contribution in [1.82, 2.24) is 10.2 Å². The highest BCUT2D eigenvalue weighted by molar-refractivity contribution is 5.78. The van der Waals surface area contributed by atoms with Crippen LogP contribution in [0.5, 0.6) is 0 Å². The molecular weight excluding hydrogens is 262 g/mol. The van der Waals surface area contributed by atoms with E-state index in [-0.39, 0.29) is 5.91 Å². The van der Waals surface area contributed by atoms with Crippen molar-refractivity contribution in [2.75, 3.05) is 18.8 Å². The van der Waals surface area contributed by atoms with E-state index in [1.807, 2.05) is 24.3 Å². The molecule has 116 valence electrons. The van der Waals surface area contributed by atoms with E-state index >= 15 is 0 Å². The van der Waals surface area contributed by atoms with E-state index in [1.54, 1.807) is 0 Å². The Hall–Kier alpha value is -1.55. The van der Waals surface area contributed by atoms with Crippen molar-refractivity contribution in [3.8, 4) is 0 Å². The van der Waals surface area contributed by atoms with Gasteiger partial charge in [0.05, 0.1) is 6.54 Å². The number of nitrogens with two attached hydrogens (primary N) is 1. The molecule has 0 radical (unpaired) electrons. The maximum atomic E-state index is 12.1. The number of amides is 1. The van der Waals surface area contributed by atoms with Crippen LogP contribution in [0, 0.1) is 5.92 Å². The van der Waals surface area contributed by atoms with Crippen molar-refractivity contribution < 1.29 is 4.79 Å². The van der Waals surface area contributed by atoms with Gasteiger partial charge in [0.1, 0.15) is 0 Å². The summed E-state index contributed by atoms with van der Waals surface area (Å²) in [5, 5.41) is 3.02. The molecule has 0 heterocycles. The molecule has 0 atom stereocenters. The van der Waals surface area contributed by atoms with Gasteiger partial charge in [0.25, 0.3) is 0 Å². The van der Waals surface area contributed by atoms with Gasteiger partial charge in [-0.2, -0.15) is 0 Å². The summed E-state index contributed by atoms with van der Waals surface area (Å²) in [6.45, 7) is 6.33. The van der Waals surface area contributed by atoms with Crippen LogP contribution in [0.1, 0.15) is 38.7 Å². The van der Waals surface area contributed by atoms with Crippen molar-refractivity contribution in [2.24, 2.45) is 5.92 Å². The number of benzene rings is 1. The Bertz CT molecular complexity index is 469. The summed E-state index contributed by atoms with van der Waals surface area (Å²) in [6.07, 6.45) is 3.40. The number of nitrogens with zero attached hydrogens (tertiary/aromatic N) is 1. The zero-order chi connectivity index (χ0) is 15.2. The van der Waals surface area contributed by atoms with Crippen LogP contribution >= 0.6 is 0 Å². The van der Waals surface area contributed by atoms with Gasteiger partial charge in [-0.15, -0.1) is 0 Å². The molecule has 1 aromatic rings. The largest absolute Gasteiger partial charge is 0.398 e. The molecule has 1 fully saturated rings. The molecule has 1 saturated carbocycles. The van der Waals surface area contributed by atoms with E-state index in [1.165, 1.54) is 12.8 Å². The monoisotopic (exact) mass is 289 g/mol. The maximum absolute atomic E-state index is 12.1. The van der Waals surface area contributed by atoms with E-state index in [0.29, 0.717) is 18.5 Å². The fourth-order valence-corrected chi connectivity index (χ4v) is 2.39. The molecule has 1 aliphatic carbocycles. The molecule has 0 spiro atoms. The first-order valence-electron chi connectivity index (χ1n) is 7.90. The van der Waals surface area contributed by atoms with Gasteiger partial charge in [-0.1, -0.05) is 32.0 Å². The van der Waals surface area contributed by atoms with Gasteiger partial charge in [0.2, 0.25) is 5.91 Å². The molecule has 4 nitrogen and oxygen atoms in total. The molecule has 4 heteroatoms. The minimum absolute atomic E-state index is 0.122. The Kier molecular flexibility index (Phi) is 5.62. The second-order valence-electron chi connectivity index (χ2n) is 6.37. The lowest BCUT2D eigenvalue weighted by Gasteiger charge is -2.22. The van der Waals surface area contributed by atoms with Crippen LogP contribution in [-0.2, 0) is 11.3 Å². The number of carbonyl (C=O) groups is 1. The Morgan fingerprint density at radius 1 is 1.38 bits per heavy atom. The molecule has 1 amide bonds. The predicted molar refractivity (Wildman–Crippen MR) is 86.8 cm³/mol. The molecule has 0 bridgehead atoms. The fourth-order valence-electron chi connectivity index (χ4n) is 2.39. The molecule has 1 aromatic carbocycles. The van der Waals surface area contributed by atoms with Crippen LogP contribution in [0.2, 0.25) is 0 Å². The van der Waals surface area contributed by atoms with Crippen LogP contribution in [0.25, 0.3) is 0 Å². The van der Waals surface area contributed by atoms with Crippen molar-refractivity contribution in [2.45, 2.75) is 45.7 Å². The van der Waals surface area contributed by atoms with Gasteiger partial charge in [-0.05, 0) is 36.8 Å². The molecule has 0 saturated heterocycles. The Labute approximate surface area is 127 Å². The summed E-state index contributed by atoms with van der Waals surface area (Å²) in [6, 6.07) is 8.45. The number of hydrogen-bond acceptors (Lipinski definition) is 3. The third-order valence-electron chi connectivity index (χ3n) is 3.88. The molecule has 0 unspecified atom stereocenters. The molecule has 2 rings (SSSR count). The minimum atomic E-state index is 0.122. The van der Waals surface area contributed by atoms with E-state index in [0.717, 1.165) is 30.8 Å². The summed E-state index contributed by atoms with van der Waals surface area (Å²) in [4.78, 5) is 14.3. The first-order valence-corrected chi connectivity index (χ1v) is 7.90. The summed E-state index contributed by atoms with van der Waals surface area (Å²) in [5.74, 6) is 0.742. The summed E-state index contributed by atoms with van der Waals surface area (Å²) >= 11 is 0. The van der Waals surface area contributed by atoms with Crippen LogP contribution in [0.15, 0.2) is 24.3 Å². The van der Waals surface area contributed by atoms with Crippen LogP contribution in [-0.4, -0.2) is 29.9 Å². The maximum Gasteiger partial charge on any atom is 0.234 e. The summed E-state index contributed by atoms with van der Waals surface area (Å²) in [5.41, 5.74) is 7.93. The third-order valence-corrected chi connectivity index (χ3v) is 3.88. The Morgan fingerprint density at radius 2 is 2.10 bits per heavy atom. The summed E-state index contributed by atoms with van der Waals surface area (Å²) < 4.78 is 0. The lowest BCUT2D eigenvalue weighted by Crippen LogP contribution is -2.38. The molecule has 21 heavy (non-hydrogen) atoms. The van der Waals surface area contributed by atoms with Crippen molar-refractivity contribution >= 4 is 11.6 Å². The van der Waals surface area contributed by atoms with E-state index in [9.17, 15) is 4.79 Å². The van der Waals surface area contributed by atoms with Crippen molar-refractivity contribution in [1.29, 1.82) is 0 Å². The third kappa shape index (κ3) is 5.38. The highest BCUT2D eigenvalue weighted by atomic mass is 16.2. The van der Waals surface area contributed by atoms with Gasteiger partial charge < -0.3 is 11.1 Å². The fraction of sp³-hybridized carbons (Fsp3) is 0.588. The van der Waals surface area contributed by atoms with E-state index < -0.39 is 0 Å². The molecular formula is C17H27N3O. The van der Waals surface area contributed by atoms with Gasteiger partial charge in [0.15, 0.2) is 0 Å². The second-order valence-corrected chi connectivity index (χ2v) is 6.37. The quantitative estimate of drug-likeness (QED) is 0.723. The lowest BCUT2D eigenvalue weighted by molar-refractivity contribution is -0.122. The number of nitrogens with one attached hydrogen (secondary N) is 1. The zero-order valence-electron chi connectivity index (χ0n) is 13.1. The molecule has 0 aliphatic heterocycles. The number of para-hydroxylation sites is 1.